The van der Waals surface area contributed by atoms with Crippen LogP contribution in [0, 0.1) is 17.0 Å². The molecule has 3 amide bonds. The molecule has 2 aromatic rings. The second kappa shape index (κ2) is 10.3. The number of aromatic nitrogens is 2. The number of benzene rings is 1. The molecule has 0 saturated carbocycles. The predicted molar refractivity (Wildman–Crippen MR) is 120 cm³/mol. The minimum Gasteiger partial charge on any atom is -0.352 e. The van der Waals surface area contributed by atoms with Crippen molar-refractivity contribution in [3.8, 4) is 0 Å². The lowest BCUT2D eigenvalue weighted by Crippen LogP contribution is -2.45. The number of nitrogens with one attached hydrogen (secondary N) is 1. The van der Waals surface area contributed by atoms with E-state index in [1.54, 1.807) is 20.0 Å². The first-order valence-electron chi connectivity index (χ1n) is 10.2. The van der Waals surface area contributed by atoms with E-state index in [-0.39, 0.29) is 36.0 Å². The Labute approximate surface area is 194 Å². The minimum absolute atomic E-state index is 0.000241. The van der Waals surface area contributed by atoms with E-state index in [1.165, 1.54) is 45.0 Å². The zero-order valence-corrected chi connectivity index (χ0v) is 18.9. The molecular formula is C21H23ClN6O5. The van der Waals surface area contributed by atoms with Crippen LogP contribution in [0.5, 0.6) is 0 Å². The molecule has 11 nitrogen and oxygen atoms in total. The first kappa shape index (κ1) is 23.9. The third-order valence-corrected chi connectivity index (χ3v) is 5.58. The van der Waals surface area contributed by atoms with E-state index >= 15 is 0 Å². The summed E-state index contributed by atoms with van der Waals surface area (Å²) in [6, 6.07) is 5.17. The summed E-state index contributed by atoms with van der Waals surface area (Å²) in [5.74, 6) is -1.09. The van der Waals surface area contributed by atoms with E-state index in [9.17, 15) is 24.5 Å². The van der Waals surface area contributed by atoms with Gasteiger partial charge in [0.15, 0.2) is 0 Å². The number of hydrogen-bond acceptors (Lipinski definition) is 6. The summed E-state index contributed by atoms with van der Waals surface area (Å²) in [7, 11) is 1.70. The Hall–Kier alpha value is -3.73. The summed E-state index contributed by atoms with van der Waals surface area (Å²) in [6.45, 7) is 2.66. The third kappa shape index (κ3) is 5.55. The number of nitro groups is 1. The number of hydrazine groups is 1. The van der Waals surface area contributed by atoms with Crippen molar-refractivity contribution in [3.05, 3.63) is 62.4 Å². The van der Waals surface area contributed by atoms with Crippen LogP contribution in [0.4, 0.5) is 5.69 Å². The number of non-ortho nitro benzene ring substituents is 1. The Balaban J connectivity index is 1.53. The normalized spacial score (nSPS) is 13.5. The van der Waals surface area contributed by atoms with Gasteiger partial charge in [0.25, 0.3) is 17.5 Å². The predicted octanol–water partition coefficient (Wildman–Crippen LogP) is 2.10. The van der Waals surface area contributed by atoms with Crippen LogP contribution in [-0.2, 0) is 16.6 Å². The van der Waals surface area contributed by atoms with Gasteiger partial charge < -0.3 is 5.32 Å². The van der Waals surface area contributed by atoms with Crippen molar-refractivity contribution >= 4 is 41.1 Å². The van der Waals surface area contributed by atoms with Crippen LogP contribution in [0.15, 0.2) is 30.3 Å². The van der Waals surface area contributed by atoms with Crippen LogP contribution < -0.4 is 5.32 Å². The van der Waals surface area contributed by atoms with Gasteiger partial charge in [-0.25, -0.2) is 5.01 Å². The molecule has 0 radical (unpaired) electrons. The number of carbonyl (C=O) groups excluding carboxylic acids is 3. The summed E-state index contributed by atoms with van der Waals surface area (Å²) >= 11 is 6.18. The second-order valence-electron chi connectivity index (χ2n) is 7.39. The average Bonchev–Trinajstić information content (AvgIpc) is 3.37. The highest BCUT2D eigenvalue weighted by molar-refractivity contribution is 6.31. The number of rotatable bonds is 7. The van der Waals surface area contributed by atoms with Crippen LogP contribution in [0.1, 0.15) is 34.5 Å². The summed E-state index contributed by atoms with van der Waals surface area (Å²) in [5, 5.41) is 20.7. The summed E-state index contributed by atoms with van der Waals surface area (Å²) in [4.78, 5) is 47.6. The smallest absolute Gasteiger partial charge is 0.269 e. The number of hydrogen-bond donors (Lipinski definition) is 1. The standard InChI is InChI=1S/C21H23ClN6O5/c1-14-17(20(22)25(2)24-14)8-9-18(29)26-12-3-13-27(26)19(30)10-11-23-21(31)15-4-6-16(7-5-15)28(32)33/h4-9H,3,10-13H2,1-2H3,(H,23,31). The quantitative estimate of drug-likeness (QED) is 0.371. The van der Waals surface area contributed by atoms with Crippen molar-refractivity contribution < 1.29 is 19.3 Å². The zero-order chi connectivity index (χ0) is 24.1. The number of halogens is 1. The Morgan fingerprint density at radius 1 is 1.21 bits per heavy atom. The summed E-state index contributed by atoms with van der Waals surface area (Å²) in [5.41, 5.74) is 1.46. The molecule has 174 valence electrons. The molecule has 0 aliphatic carbocycles. The van der Waals surface area contributed by atoms with Gasteiger partial charge in [0.05, 0.1) is 10.6 Å². The number of carbonyl (C=O) groups is 3. The minimum atomic E-state index is -0.550. The largest absolute Gasteiger partial charge is 0.352 e. The van der Waals surface area contributed by atoms with Gasteiger partial charge in [-0.15, -0.1) is 0 Å². The fraction of sp³-hybridized carbons (Fsp3) is 0.333. The maximum atomic E-state index is 12.7. The summed E-state index contributed by atoms with van der Waals surface area (Å²) in [6.07, 6.45) is 3.59. The molecular weight excluding hydrogens is 452 g/mol. The molecule has 1 aliphatic rings. The molecule has 1 aromatic carbocycles. The Morgan fingerprint density at radius 3 is 2.48 bits per heavy atom. The molecule has 1 aromatic heterocycles. The lowest BCUT2D eigenvalue weighted by atomic mass is 10.2. The molecule has 1 N–H and O–H groups in total. The molecule has 0 atom stereocenters. The second-order valence-corrected chi connectivity index (χ2v) is 7.75. The van der Waals surface area contributed by atoms with Gasteiger partial charge in [0, 0.05) is 62.4 Å². The fourth-order valence-corrected chi connectivity index (χ4v) is 3.66. The van der Waals surface area contributed by atoms with Crippen molar-refractivity contribution in [2.24, 2.45) is 7.05 Å². The Kier molecular flexibility index (Phi) is 7.44. The van der Waals surface area contributed by atoms with Gasteiger partial charge in [-0.3, -0.25) is 34.2 Å². The molecule has 12 heteroatoms. The highest BCUT2D eigenvalue weighted by Crippen LogP contribution is 2.21. The number of amides is 3. The lowest BCUT2D eigenvalue weighted by molar-refractivity contribution is -0.384. The molecule has 1 aliphatic heterocycles. The van der Waals surface area contributed by atoms with Crippen LogP contribution in [0.25, 0.3) is 6.08 Å². The van der Waals surface area contributed by atoms with E-state index in [4.69, 9.17) is 11.6 Å². The van der Waals surface area contributed by atoms with Crippen molar-refractivity contribution in [2.45, 2.75) is 19.8 Å². The number of nitrogens with zero attached hydrogens (tertiary/aromatic N) is 5. The third-order valence-electron chi connectivity index (χ3n) is 5.13. The van der Waals surface area contributed by atoms with Gasteiger partial charge >= 0.3 is 0 Å². The average molecular weight is 475 g/mol. The molecule has 33 heavy (non-hydrogen) atoms. The van der Waals surface area contributed by atoms with Gasteiger partial charge in [-0.1, -0.05) is 11.6 Å². The maximum absolute atomic E-state index is 12.7. The molecule has 0 spiro atoms. The van der Waals surface area contributed by atoms with Gasteiger partial charge in [0.2, 0.25) is 5.91 Å². The zero-order valence-electron chi connectivity index (χ0n) is 18.2. The van der Waals surface area contributed by atoms with E-state index in [0.29, 0.717) is 35.9 Å². The molecule has 1 saturated heterocycles. The first-order valence-corrected chi connectivity index (χ1v) is 10.6. The molecule has 2 heterocycles. The van der Waals surface area contributed by atoms with Crippen LogP contribution in [0.3, 0.4) is 0 Å². The highest BCUT2D eigenvalue weighted by Gasteiger charge is 2.29. The van der Waals surface area contributed by atoms with E-state index in [2.05, 4.69) is 10.4 Å². The number of aryl methyl sites for hydroxylation is 2. The topological polar surface area (TPSA) is 131 Å². The van der Waals surface area contributed by atoms with Crippen LogP contribution in [-0.4, -0.2) is 62.1 Å². The SMILES string of the molecule is Cc1nn(C)c(Cl)c1C=CC(=O)N1CCCN1C(=O)CCNC(=O)c1ccc([N+](=O)[O-])cc1. The van der Waals surface area contributed by atoms with Crippen molar-refractivity contribution in [2.75, 3.05) is 19.6 Å². The van der Waals surface area contributed by atoms with E-state index in [0.717, 1.165) is 0 Å². The fourth-order valence-electron chi connectivity index (χ4n) is 3.43. The number of nitro benzene ring substituents is 1. The van der Waals surface area contributed by atoms with Crippen molar-refractivity contribution in [1.29, 1.82) is 0 Å². The molecule has 3 rings (SSSR count). The van der Waals surface area contributed by atoms with Crippen molar-refractivity contribution in [1.82, 2.24) is 25.1 Å². The lowest BCUT2D eigenvalue weighted by Gasteiger charge is -2.27. The van der Waals surface area contributed by atoms with Crippen LogP contribution >= 0.6 is 11.6 Å². The Bertz CT molecular complexity index is 1110. The van der Waals surface area contributed by atoms with E-state index in [1.807, 2.05) is 0 Å². The molecule has 0 bridgehead atoms. The van der Waals surface area contributed by atoms with Gasteiger partial charge in [0.1, 0.15) is 5.15 Å². The highest BCUT2D eigenvalue weighted by atomic mass is 35.5. The monoisotopic (exact) mass is 474 g/mol. The van der Waals surface area contributed by atoms with Gasteiger partial charge in [-0.05, 0) is 31.6 Å². The molecule has 1 fully saturated rings. The van der Waals surface area contributed by atoms with Crippen LogP contribution in [0.2, 0.25) is 5.15 Å². The Morgan fingerprint density at radius 2 is 1.88 bits per heavy atom. The van der Waals surface area contributed by atoms with E-state index < -0.39 is 10.8 Å². The first-order chi connectivity index (χ1) is 15.7. The van der Waals surface area contributed by atoms with Crippen molar-refractivity contribution in [3.63, 3.8) is 0 Å². The summed E-state index contributed by atoms with van der Waals surface area (Å²) < 4.78 is 1.51. The van der Waals surface area contributed by atoms with Gasteiger partial charge in [-0.2, -0.15) is 5.10 Å². The molecule has 0 unspecified atom stereocenters. The maximum Gasteiger partial charge on any atom is 0.269 e.